The first-order chi connectivity index (χ1) is 66.2. The molecule has 6 heterocycles. The summed E-state index contributed by atoms with van der Waals surface area (Å²) < 4.78 is 40.7. The van der Waals surface area contributed by atoms with Crippen LogP contribution in [0.4, 0.5) is 9.18 Å². The average molecular weight is 2500 g/mol. The summed E-state index contributed by atoms with van der Waals surface area (Å²) in [5.41, 5.74) is 27.6. The number of ether oxygens (including phenoxy) is 3. The summed E-state index contributed by atoms with van der Waals surface area (Å²) >= 11 is 21.5. The van der Waals surface area contributed by atoms with Crippen molar-refractivity contribution in [1.82, 2.24) is 45.7 Å². The molecule has 0 atom stereocenters. The number of ketones is 4. The number of Topliss-reactive ketones (excluding diaryl/α,β-unsaturated/α-hetero) is 4. The number of carbonyl (C=O) groups excluding carboxylic acids is 12. The Morgan fingerprint density at radius 3 is 1.37 bits per heavy atom. The second-order valence-electron chi connectivity index (χ2n) is 32.6. The molecule has 1 saturated carbocycles. The molecule has 0 radical (unpaired) electrons. The summed E-state index contributed by atoms with van der Waals surface area (Å²) in [6, 6.07) is 30.8. The Bertz CT molecular complexity index is 5680. The SMILES string of the molecule is C.C=[C](C)[Sn]([CH2]CCC)([CH2]CCC)[CH2]CCC.CC(=O)Cn1nc(C(N)=O)c2ccc(Br)cc21.CC(=O)Cn1nc(C(N)=O)c2ccc(C(C)=O)cc21.CC(=O)c1ccc2c(C(N)=O)nn(CC(=O)O)c2c1.CC(C)COC(=O)Cl.CCOC(=O)CBr.CN1CCOCC1.N.NC(=O)C1=NCc2cc(Br)ccc21.O.O=C(CCC1CC1)NCc1cccc(Cl)c1F.O=C(O)C1=NCc2cc(Br)ccc21.O=CO[O-].[H-].[K+].[K+].[Li+].[OH-]. The molecular weight excluding hydrogens is 2370 g/mol. The molecule has 3 aromatic heterocycles. The number of allylic oxidation sites excluding steroid dienone is 1. The number of aliphatic imine (C=N–C) groups is 2. The van der Waals surface area contributed by atoms with Crippen molar-refractivity contribution in [3.05, 3.63) is 200 Å². The van der Waals surface area contributed by atoms with Gasteiger partial charge in [-0.1, -0.05) is 146 Å². The van der Waals surface area contributed by atoms with Crippen LogP contribution in [0.15, 0.2) is 143 Å². The van der Waals surface area contributed by atoms with Crippen LogP contribution in [0.2, 0.25) is 18.3 Å². The van der Waals surface area contributed by atoms with Crippen LogP contribution in [-0.2, 0) is 96.7 Å². The van der Waals surface area contributed by atoms with Crippen LogP contribution in [0.5, 0.6) is 0 Å². The molecule has 0 bridgehead atoms. The van der Waals surface area contributed by atoms with E-state index in [0.717, 1.165) is 79.0 Å². The maximum Gasteiger partial charge on any atom is 1.00 e. The van der Waals surface area contributed by atoms with Gasteiger partial charge in [-0.15, -0.1) is 0 Å². The van der Waals surface area contributed by atoms with E-state index in [1.54, 1.807) is 84.5 Å². The number of fused-ring (bicyclic) bond motifs is 5. The molecule has 4 aliphatic rings. The van der Waals surface area contributed by atoms with Crippen molar-refractivity contribution in [3.8, 4) is 0 Å². The zero-order chi connectivity index (χ0) is 105. The quantitative estimate of drug-likeness (QED) is 0.00290. The smallest absolute Gasteiger partial charge is 1.00 e. The number of primary amides is 4. The van der Waals surface area contributed by atoms with E-state index in [0.29, 0.717) is 99.1 Å². The Morgan fingerprint density at radius 2 is 1.04 bits per heavy atom. The molecule has 1 saturated heterocycles. The van der Waals surface area contributed by atoms with E-state index >= 15 is 0 Å². The monoisotopic (exact) mass is 2500 g/mol. The third-order valence-electron chi connectivity index (χ3n) is 20.8. The first-order valence-electron chi connectivity index (χ1n) is 44.6. The number of likely N-dealkylation sites (N-methyl/N-ethyl adjacent to an activating group) is 1. The number of morpholine rings is 1. The van der Waals surface area contributed by atoms with Crippen molar-refractivity contribution in [1.29, 1.82) is 0 Å². The first-order valence-corrected chi connectivity index (χ1v) is 56.3. The van der Waals surface area contributed by atoms with Crippen LogP contribution in [0, 0.1) is 17.7 Å². The summed E-state index contributed by atoms with van der Waals surface area (Å²) in [4.78, 5) is 164. The van der Waals surface area contributed by atoms with Crippen LogP contribution in [0.25, 0.3) is 32.7 Å². The number of hydrogen-bond acceptors (Lipinski definition) is 27. The van der Waals surface area contributed by atoms with Crippen molar-refractivity contribution in [2.75, 3.05) is 51.9 Å². The van der Waals surface area contributed by atoms with Crippen molar-refractivity contribution < 1.29 is 240 Å². The molecule has 1 aliphatic carbocycles. The molecule has 13 rings (SSSR count). The van der Waals surface area contributed by atoms with Crippen LogP contribution < -0.4 is 161 Å². The maximum atomic E-state index is 13.5. The number of esters is 1. The molecule has 6 aromatic carbocycles. The summed E-state index contributed by atoms with van der Waals surface area (Å²) in [5.74, 6) is -4.50. The number of alkyl halides is 1. The fourth-order valence-corrected chi connectivity index (χ4v) is 29.7. The van der Waals surface area contributed by atoms with E-state index in [4.69, 9.17) is 71.1 Å². The second kappa shape index (κ2) is 79.1. The topological polar surface area (TPSA) is 633 Å². The molecule has 0 spiro atoms. The minimum absolute atomic E-state index is 0. The van der Waals surface area contributed by atoms with Gasteiger partial charge in [0.15, 0.2) is 45.9 Å². The van der Waals surface area contributed by atoms with E-state index in [1.165, 1.54) is 107 Å². The number of nitrogens with zero attached hydrogens (tertiary/aromatic N) is 9. The minimum atomic E-state index is -1.94. The number of nitrogens with two attached hydrogens (primary N) is 4. The van der Waals surface area contributed by atoms with Gasteiger partial charge in [-0.3, -0.25) is 81.6 Å². The van der Waals surface area contributed by atoms with Gasteiger partial charge in [0.2, 0.25) is 5.91 Å². The summed E-state index contributed by atoms with van der Waals surface area (Å²) in [6.07, 6.45) is 12.4. The molecule has 5 amide bonds. The van der Waals surface area contributed by atoms with Crippen molar-refractivity contribution in [2.45, 2.75) is 200 Å². The van der Waals surface area contributed by atoms with Gasteiger partial charge in [0.05, 0.1) is 74.2 Å². The molecule has 0 unspecified atom stereocenters. The fourth-order valence-electron chi connectivity index (χ4n) is 13.5. The number of hydrogen-bond donors (Lipinski definition) is 8. The standard InChI is InChI=1S/C13H15ClFNO.C13H13N3O3.C12H11N3O4.C11H10BrN3O2.C9H7BrN2O.C9H6BrNO2.C5H9ClO2.C5H11NO.C4H7BrO2.3C4H9.C3H5.CH2O3.CH4.2K.Li.H3N.2H2O.Sn.H/c14-11-3-1-2-10(13(11)15)8-16-12(17)7-6-9-4-5-9;1-7(17)6-16-11-5-9(8(2)18)3-4-10(11)12(15-16)13(14)19;1-6(16)7-2-3-8-9(4-7)15(5-10(17)18)14-11(8)12(13)19;1-6(16)5-15-9-4-7(12)2-3-8(9)10(14-15)11(13)17;10-6-1-2-7-5(3-6)4-12-8(7)9(11)13;10-6-1-2-7-5(3-6)4-11-8(7)9(12)13;1-4(2)3-8-5(6)7;1-6-2-4-7-5-3-6;1-2-7-4(6)3-5;3*1-3-4-2;1-3-2;2-1-4-3;;;;;;;;;/h1-3,9H,4-8H2,(H,16,17);3-5H,6H2,1-2H3,(H2,14,19);2-4H,5H2,1H3,(H2,13,19)(H,17,18);2-4H,5H2,1H3,(H2,13,17);1-3H,4H2,(H2,11,13);1-3H,4H2,(H,12,13);4H,3H2,1-2H3;2-5H2,1H3;2-3H2,1H3;3*1,3-4H2,2H3;1H2,2H3;1,3H;1H4;;;;1H3;2*1H2;;/q;;;;;;;;;;;;;;;3*+1;;;;;-1/p-2. The van der Waals surface area contributed by atoms with Crippen LogP contribution >= 0.6 is 86.9 Å². The third kappa shape index (κ3) is 54.4. The molecule has 794 valence electrons. The Labute approximate surface area is 1000 Å². The largest absolute Gasteiger partial charge is 1.00 e. The molecule has 49 heteroatoms. The van der Waals surface area contributed by atoms with Gasteiger partial charge in [-0.25, -0.2) is 14.0 Å². The fraction of sp³-hybridized carbons (Fsp3) is 0.418. The molecule has 2 fully saturated rings. The molecule has 17 N–H and O–H groups in total. The Hall–Kier alpha value is -6.95. The molecule has 9 aromatic rings. The zero-order valence-electron chi connectivity index (χ0n) is 86.0. The summed E-state index contributed by atoms with van der Waals surface area (Å²) in [7, 11) is 2.11. The van der Waals surface area contributed by atoms with Gasteiger partial charge in [0, 0.05) is 95.1 Å². The maximum absolute atomic E-state index is 13.5. The van der Waals surface area contributed by atoms with E-state index in [-0.39, 0.29) is 237 Å². The van der Waals surface area contributed by atoms with Crippen LogP contribution in [-0.4, -0.2) is 220 Å². The van der Waals surface area contributed by atoms with Gasteiger partial charge < -0.3 is 86.2 Å². The molecular formula is C98H133Br4Cl2FK2LiN15O23Sn. The average Bonchev–Trinajstić information content (AvgIpc) is 1.64. The van der Waals surface area contributed by atoms with Crippen molar-refractivity contribution in [2.24, 2.45) is 44.8 Å². The number of rotatable bonds is 33. The summed E-state index contributed by atoms with van der Waals surface area (Å²) in [6.45, 7) is 30.8. The first kappa shape index (κ1) is 148. The van der Waals surface area contributed by atoms with E-state index < -0.39 is 71.7 Å². The minimum Gasteiger partial charge on any atom is -1.00 e. The summed E-state index contributed by atoms with van der Waals surface area (Å²) in [5, 5.41) is 42.7. The number of aliphatic carboxylic acids is 2. The molecule has 3 aliphatic heterocycles. The number of carboxylic acid groups (broad SMARTS) is 2. The number of unbranched alkanes of at least 4 members (excludes halogenated alkanes) is 3. The van der Waals surface area contributed by atoms with Crippen LogP contribution in [0.1, 0.15) is 229 Å². The van der Waals surface area contributed by atoms with E-state index in [9.17, 15) is 66.7 Å². The number of carboxylic acids is 2. The van der Waals surface area contributed by atoms with E-state index in [1.807, 2.05) is 44.2 Å². The number of nitrogens with one attached hydrogen (secondary N) is 1. The van der Waals surface area contributed by atoms with Gasteiger partial charge in [0.25, 0.3) is 30.1 Å². The second-order valence-corrected chi connectivity index (χ2v) is 50.6. The number of amides is 5. The predicted octanol–water partition coefficient (Wildman–Crippen LogP) is 7.41. The van der Waals surface area contributed by atoms with Gasteiger partial charge in [-0.05, 0) is 144 Å². The molecule has 147 heavy (non-hydrogen) atoms. The van der Waals surface area contributed by atoms with Gasteiger partial charge in [0.1, 0.15) is 23.4 Å². The van der Waals surface area contributed by atoms with Gasteiger partial charge in [-0.2, -0.15) is 15.3 Å². The Balaban J connectivity index is -0.000000379. The Kier molecular flexibility index (Phi) is 79.9. The normalized spacial score (nSPS) is 11.7. The predicted molar refractivity (Wildman–Crippen MR) is 568 cm³/mol. The number of benzene rings is 6. The third-order valence-corrected chi connectivity index (χ3v) is 39.5. The van der Waals surface area contributed by atoms with Gasteiger partial charge >= 0.3 is 253 Å². The number of halogens is 7. The zero-order valence-corrected chi connectivity index (χ0v) is 102. The number of aromatic nitrogens is 6. The van der Waals surface area contributed by atoms with Crippen molar-refractivity contribution >= 4 is 232 Å². The van der Waals surface area contributed by atoms with Crippen LogP contribution in [0.3, 0.4) is 0 Å². The van der Waals surface area contributed by atoms with E-state index in [2.05, 4.69) is 155 Å². The Morgan fingerprint density at radius 1 is 0.639 bits per heavy atom. The molecule has 38 nitrogen and oxygen atoms in total. The number of carbonyl (C=O) groups is 14. The van der Waals surface area contributed by atoms with Crippen molar-refractivity contribution in [3.63, 3.8) is 0 Å².